The third-order valence-corrected chi connectivity index (χ3v) is 3.41. The first-order valence-electron chi connectivity index (χ1n) is 5.41. The predicted octanol–water partition coefficient (Wildman–Crippen LogP) is 1.85. The molecule has 18 heavy (non-hydrogen) atoms. The van der Waals surface area contributed by atoms with Crippen LogP contribution in [0.5, 0.6) is 5.75 Å². The minimum atomic E-state index is -0.257. The molecular formula is C12H13BrN2O3. The molecule has 0 N–H and O–H groups in total. The van der Waals surface area contributed by atoms with Crippen molar-refractivity contribution in [3.63, 3.8) is 0 Å². The van der Waals surface area contributed by atoms with E-state index < -0.39 is 0 Å². The van der Waals surface area contributed by atoms with E-state index >= 15 is 0 Å². The maximum Gasteiger partial charge on any atom is 0.327 e. The minimum absolute atomic E-state index is 0.149. The summed E-state index contributed by atoms with van der Waals surface area (Å²) in [7, 11) is 3.20. The Hall–Kier alpha value is -1.56. The summed E-state index contributed by atoms with van der Waals surface area (Å²) in [5, 5.41) is 0. The second-order valence-electron chi connectivity index (χ2n) is 4.09. The van der Waals surface area contributed by atoms with Crippen LogP contribution in [-0.2, 0) is 11.3 Å². The van der Waals surface area contributed by atoms with Crippen LogP contribution in [0.1, 0.15) is 5.56 Å². The maximum absolute atomic E-state index is 11.7. The van der Waals surface area contributed by atoms with Gasteiger partial charge in [0.1, 0.15) is 12.3 Å². The number of nitrogens with zero attached hydrogens (tertiary/aromatic N) is 2. The smallest absolute Gasteiger partial charge is 0.327 e. The van der Waals surface area contributed by atoms with E-state index in [0.717, 1.165) is 15.8 Å². The van der Waals surface area contributed by atoms with E-state index in [-0.39, 0.29) is 25.0 Å². The molecule has 1 aliphatic heterocycles. The molecule has 1 aromatic carbocycles. The van der Waals surface area contributed by atoms with Gasteiger partial charge in [0.2, 0.25) is 0 Å². The summed E-state index contributed by atoms with van der Waals surface area (Å²) in [5.41, 5.74) is 0.875. The highest BCUT2D eigenvalue weighted by molar-refractivity contribution is 9.10. The molecule has 0 saturated carbocycles. The normalized spacial score (nSPS) is 15.5. The summed E-state index contributed by atoms with van der Waals surface area (Å²) >= 11 is 3.37. The first kappa shape index (κ1) is 12.9. The number of benzene rings is 1. The van der Waals surface area contributed by atoms with Crippen LogP contribution >= 0.6 is 15.9 Å². The van der Waals surface area contributed by atoms with Gasteiger partial charge in [0.05, 0.1) is 18.1 Å². The number of imide groups is 1. The first-order valence-corrected chi connectivity index (χ1v) is 6.20. The lowest BCUT2D eigenvalue weighted by Gasteiger charge is -2.14. The molecule has 0 radical (unpaired) electrons. The van der Waals surface area contributed by atoms with E-state index in [9.17, 15) is 9.59 Å². The van der Waals surface area contributed by atoms with Crippen molar-refractivity contribution in [2.24, 2.45) is 0 Å². The number of halogens is 1. The minimum Gasteiger partial charge on any atom is -0.496 e. The number of urea groups is 1. The number of likely N-dealkylation sites (N-methyl/N-ethyl adjacent to an activating group) is 1. The van der Waals surface area contributed by atoms with Gasteiger partial charge in [-0.1, -0.05) is 6.07 Å². The molecule has 3 amide bonds. The van der Waals surface area contributed by atoms with Crippen molar-refractivity contribution in [2.75, 3.05) is 20.7 Å². The number of ether oxygens (including phenoxy) is 1. The van der Waals surface area contributed by atoms with Gasteiger partial charge in [-0.2, -0.15) is 0 Å². The van der Waals surface area contributed by atoms with Gasteiger partial charge in [-0.3, -0.25) is 9.69 Å². The topological polar surface area (TPSA) is 49.9 Å². The Morgan fingerprint density at radius 1 is 1.39 bits per heavy atom. The average Bonchev–Trinajstić information content (AvgIpc) is 2.56. The Kier molecular flexibility index (Phi) is 3.56. The van der Waals surface area contributed by atoms with Gasteiger partial charge in [0, 0.05) is 7.05 Å². The maximum atomic E-state index is 11.7. The number of hydrogen-bond donors (Lipinski definition) is 0. The summed E-state index contributed by atoms with van der Waals surface area (Å²) in [6.45, 7) is 0.431. The summed E-state index contributed by atoms with van der Waals surface area (Å²) in [6, 6.07) is 5.22. The fraction of sp³-hybridized carbons (Fsp3) is 0.333. The Morgan fingerprint density at radius 2 is 2.11 bits per heavy atom. The highest BCUT2D eigenvalue weighted by atomic mass is 79.9. The summed E-state index contributed by atoms with van der Waals surface area (Å²) in [5.74, 6) is 0.546. The predicted molar refractivity (Wildman–Crippen MR) is 69.3 cm³/mol. The number of hydrogen-bond acceptors (Lipinski definition) is 3. The third-order valence-electron chi connectivity index (χ3n) is 2.79. The molecule has 1 fully saturated rings. The molecule has 0 unspecified atom stereocenters. The zero-order valence-corrected chi connectivity index (χ0v) is 11.7. The molecule has 96 valence electrons. The van der Waals surface area contributed by atoms with Crippen LogP contribution in [-0.4, -0.2) is 42.4 Å². The summed E-state index contributed by atoms with van der Waals surface area (Å²) in [4.78, 5) is 26.0. The van der Waals surface area contributed by atoms with E-state index in [1.54, 1.807) is 20.2 Å². The molecule has 0 atom stereocenters. The Morgan fingerprint density at radius 3 is 2.61 bits per heavy atom. The van der Waals surface area contributed by atoms with E-state index in [0.29, 0.717) is 0 Å². The molecule has 6 heteroatoms. The van der Waals surface area contributed by atoms with Gasteiger partial charge in [0.25, 0.3) is 5.91 Å². The van der Waals surface area contributed by atoms with Crippen LogP contribution in [0.2, 0.25) is 0 Å². The lowest BCUT2D eigenvalue weighted by Crippen LogP contribution is -2.31. The molecule has 0 aliphatic carbocycles. The fourth-order valence-electron chi connectivity index (χ4n) is 1.82. The van der Waals surface area contributed by atoms with Gasteiger partial charge in [-0.15, -0.1) is 0 Å². The largest absolute Gasteiger partial charge is 0.496 e. The second kappa shape index (κ2) is 4.97. The van der Waals surface area contributed by atoms with E-state index in [2.05, 4.69) is 15.9 Å². The van der Waals surface area contributed by atoms with Crippen molar-refractivity contribution in [3.8, 4) is 5.75 Å². The van der Waals surface area contributed by atoms with Crippen LogP contribution in [0.4, 0.5) is 4.79 Å². The third kappa shape index (κ3) is 2.33. The van der Waals surface area contributed by atoms with Gasteiger partial charge >= 0.3 is 6.03 Å². The molecule has 1 heterocycles. The monoisotopic (exact) mass is 312 g/mol. The SMILES string of the molecule is COc1ccc(CN2C(=O)CN(C)C2=O)cc1Br. The summed E-state index contributed by atoms with van der Waals surface area (Å²) < 4.78 is 5.93. The van der Waals surface area contributed by atoms with E-state index in [1.807, 2.05) is 12.1 Å². The van der Waals surface area contributed by atoms with Crippen LogP contribution in [0.25, 0.3) is 0 Å². The van der Waals surface area contributed by atoms with Gasteiger partial charge in [-0.25, -0.2) is 4.79 Å². The number of carbonyl (C=O) groups is 2. The fourth-order valence-corrected chi connectivity index (χ4v) is 2.40. The van der Waals surface area contributed by atoms with Gasteiger partial charge in [-0.05, 0) is 33.6 Å². The van der Waals surface area contributed by atoms with Crippen molar-refractivity contribution >= 4 is 27.9 Å². The Bertz CT molecular complexity index is 504. The highest BCUT2D eigenvalue weighted by Crippen LogP contribution is 2.26. The zero-order valence-electron chi connectivity index (χ0n) is 10.1. The van der Waals surface area contributed by atoms with Crippen LogP contribution < -0.4 is 4.74 Å². The summed E-state index contributed by atoms with van der Waals surface area (Å²) in [6.07, 6.45) is 0. The molecule has 1 saturated heterocycles. The van der Waals surface area contributed by atoms with Crippen LogP contribution in [0.3, 0.4) is 0 Å². The molecule has 0 aromatic heterocycles. The molecule has 0 bridgehead atoms. The molecule has 2 rings (SSSR count). The van der Waals surface area contributed by atoms with Crippen molar-refractivity contribution < 1.29 is 14.3 Å². The van der Waals surface area contributed by atoms with Gasteiger partial charge < -0.3 is 9.64 Å². The van der Waals surface area contributed by atoms with Crippen molar-refractivity contribution in [2.45, 2.75) is 6.54 Å². The quantitative estimate of drug-likeness (QED) is 0.800. The standard InChI is InChI=1S/C12H13BrN2O3/c1-14-7-11(16)15(12(14)17)6-8-3-4-10(18-2)9(13)5-8/h3-5H,6-7H2,1-2H3. The number of carbonyl (C=O) groups excluding carboxylic acids is 2. The molecule has 1 aliphatic rings. The lowest BCUT2D eigenvalue weighted by atomic mass is 10.2. The van der Waals surface area contributed by atoms with Crippen molar-refractivity contribution in [1.29, 1.82) is 0 Å². The van der Waals surface area contributed by atoms with Crippen LogP contribution in [0, 0.1) is 0 Å². The average molecular weight is 313 g/mol. The molecule has 5 nitrogen and oxygen atoms in total. The zero-order chi connectivity index (χ0) is 13.3. The van der Waals surface area contributed by atoms with E-state index in [4.69, 9.17) is 4.74 Å². The van der Waals surface area contributed by atoms with E-state index in [1.165, 1.54) is 9.80 Å². The molecule has 1 aromatic rings. The lowest BCUT2D eigenvalue weighted by molar-refractivity contribution is -0.125. The Labute approximate surface area is 113 Å². The molecule has 0 spiro atoms. The molecular weight excluding hydrogens is 300 g/mol. The Balaban J connectivity index is 2.17. The van der Waals surface area contributed by atoms with Crippen LogP contribution in [0.15, 0.2) is 22.7 Å². The first-order chi connectivity index (χ1) is 8.52. The second-order valence-corrected chi connectivity index (χ2v) is 4.94. The highest BCUT2D eigenvalue weighted by Gasteiger charge is 2.33. The number of methoxy groups -OCH3 is 1. The van der Waals surface area contributed by atoms with Gasteiger partial charge in [0.15, 0.2) is 0 Å². The van der Waals surface area contributed by atoms with Crippen molar-refractivity contribution in [3.05, 3.63) is 28.2 Å². The number of rotatable bonds is 3. The number of amides is 3. The van der Waals surface area contributed by atoms with Crippen molar-refractivity contribution in [1.82, 2.24) is 9.80 Å².